The molecule has 0 atom stereocenters. The fourth-order valence-electron chi connectivity index (χ4n) is 3.35. The van der Waals surface area contributed by atoms with Gasteiger partial charge >= 0.3 is 0 Å². The SMILES string of the molecule is CC1CCC(c2cc(F)c(-c3ccc(F)c(F)c3)c(F)c2)CC1. The van der Waals surface area contributed by atoms with Crippen LogP contribution in [0.2, 0.25) is 0 Å². The Morgan fingerprint density at radius 1 is 0.739 bits per heavy atom. The Hall–Kier alpha value is -1.84. The van der Waals surface area contributed by atoms with Gasteiger partial charge in [0.05, 0.1) is 5.56 Å². The van der Waals surface area contributed by atoms with Gasteiger partial charge < -0.3 is 0 Å². The predicted octanol–water partition coefficient (Wildman–Crippen LogP) is 6.20. The minimum absolute atomic E-state index is 0.00252. The molecule has 3 rings (SSSR count). The molecule has 1 aliphatic carbocycles. The first-order valence-corrected chi connectivity index (χ1v) is 7.90. The Morgan fingerprint density at radius 3 is 1.91 bits per heavy atom. The van der Waals surface area contributed by atoms with Crippen molar-refractivity contribution in [3.05, 3.63) is 59.2 Å². The normalized spacial score (nSPS) is 21.4. The quantitative estimate of drug-likeness (QED) is 0.577. The summed E-state index contributed by atoms with van der Waals surface area (Å²) in [6, 6.07) is 5.54. The van der Waals surface area contributed by atoms with E-state index in [-0.39, 0.29) is 17.0 Å². The van der Waals surface area contributed by atoms with E-state index in [9.17, 15) is 17.6 Å². The first kappa shape index (κ1) is 16.0. The summed E-state index contributed by atoms with van der Waals surface area (Å²) in [4.78, 5) is 0. The summed E-state index contributed by atoms with van der Waals surface area (Å²) in [5, 5.41) is 0. The highest BCUT2D eigenvalue weighted by molar-refractivity contribution is 5.65. The average Bonchev–Trinajstić information content (AvgIpc) is 2.51. The van der Waals surface area contributed by atoms with Gasteiger partial charge in [-0.1, -0.05) is 25.8 Å². The molecule has 122 valence electrons. The van der Waals surface area contributed by atoms with Crippen LogP contribution in [0.5, 0.6) is 0 Å². The van der Waals surface area contributed by atoms with Crippen LogP contribution < -0.4 is 0 Å². The van der Waals surface area contributed by atoms with Gasteiger partial charge in [-0.05, 0) is 60.1 Å². The van der Waals surface area contributed by atoms with Gasteiger partial charge in [0, 0.05) is 0 Å². The van der Waals surface area contributed by atoms with Crippen molar-refractivity contribution in [3.63, 3.8) is 0 Å². The molecular weight excluding hydrogens is 304 g/mol. The molecular formula is C19H18F4. The van der Waals surface area contributed by atoms with Crippen LogP contribution >= 0.6 is 0 Å². The molecule has 23 heavy (non-hydrogen) atoms. The Morgan fingerprint density at radius 2 is 1.35 bits per heavy atom. The summed E-state index contributed by atoms with van der Waals surface area (Å²) >= 11 is 0. The van der Waals surface area contributed by atoms with Gasteiger partial charge in [-0.25, -0.2) is 17.6 Å². The molecule has 4 heteroatoms. The third kappa shape index (κ3) is 3.26. The number of hydrogen-bond acceptors (Lipinski definition) is 0. The summed E-state index contributed by atoms with van der Waals surface area (Å²) in [5.41, 5.74) is 0.345. The van der Waals surface area contributed by atoms with Crippen LogP contribution in [0, 0.1) is 29.2 Å². The second kappa shape index (κ2) is 6.34. The second-order valence-corrected chi connectivity index (χ2v) is 6.45. The zero-order valence-electron chi connectivity index (χ0n) is 12.9. The molecule has 1 aliphatic rings. The van der Waals surface area contributed by atoms with E-state index in [1.165, 1.54) is 18.2 Å². The Kier molecular flexibility index (Phi) is 4.42. The second-order valence-electron chi connectivity index (χ2n) is 6.45. The van der Waals surface area contributed by atoms with Crippen LogP contribution in [0.25, 0.3) is 11.1 Å². The lowest BCUT2D eigenvalue weighted by atomic mass is 9.79. The van der Waals surface area contributed by atoms with E-state index in [1.807, 2.05) is 0 Å². The molecule has 0 radical (unpaired) electrons. The van der Waals surface area contributed by atoms with E-state index in [0.717, 1.165) is 37.8 Å². The minimum Gasteiger partial charge on any atom is -0.206 e. The molecule has 1 saturated carbocycles. The van der Waals surface area contributed by atoms with Gasteiger partial charge in [0.25, 0.3) is 0 Å². The lowest BCUT2D eigenvalue weighted by molar-refractivity contribution is 0.346. The Labute approximate surface area is 133 Å². The molecule has 0 aromatic heterocycles. The standard InChI is InChI=1S/C19H18F4/c1-11-2-4-12(5-3-11)14-9-17(22)19(18(23)10-14)13-6-7-15(20)16(21)8-13/h6-12H,2-5H2,1H3. The lowest BCUT2D eigenvalue weighted by Gasteiger charge is -2.26. The van der Waals surface area contributed by atoms with Crippen LogP contribution in [0.15, 0.2) is 30.3 Å². The van der Waals surface area contributed by atoms with E-state index in [0.29, 0.717) is 11.5 Å². The van der Waals surface area contributed by atoms with Gasteiger partial charge in [-0.15, -0.1) is 0 Å². The van der Waals surface area contributed by atoms with E-state index >= 15 is 0 Å². The molecule has 2 aromatic carbocycles. The maximum Gasteiger partial charge on any atom is 0.159 e. The Balaban J connectivity index is 1.95. The topological polar surface area (TPSA) is 0 Å². The van der Waals surface area contributed by atoms with Gasteiger partial charge in [0.2, 0.25) is 0 Å². The largest absolute Gasteiger partial charge is 0.206 e. The molecule has 0 aliphatic heterocycles. The van der Waals surface area contributed by atoms with Gasteiger partial charge in [-0.3, -0.25) is 0 Å². The predicted molar refractivity (Wildman–Crippen MR) is 82.1 cm³/mol. The van der Waals surface area contributed by atoms with Gasteiger partial charge in [0.1, 0.15) is 11.6 Å². The van der Waals surface area contributed by atoms with E-state index in [2.05, 4.69) is 6.92 Å². The van der Waals surface area contributed by atoms with Crippen molar-refractivity contribution < 1.29 is 17.6 Å². The van der Waals surface area contributed by atoms with Crippen molar-refractivity contribution in [2.75, 3.05) is 0 Å². The van der Waals surface area contributed by atoms with Crippen LogP contribution in [0.1, 0.15) is 44.1 Å². The Bertz CT molecular complexity index is 692. The summed E-state index contributed by atoms with van der Waals surface area (Å²) in [7, 11) is 0. The number of rotatable bonds is 2. The maximum absolute atomic E-state index is 14.4. The minimum atomic E-state index is -1.12. The first-order valence-electron chi connectivity index (χ1n) is 7.90. The highest BCUT2D eigenvalue weighted by Gasteiger charge is 2.23. The van der Waals surface area contributed by atoms with E-state index in [4.69, 9.17) is 0 Å². The molecule has 0 heterocycles. The van der Waals surface area contributed by atoms with E-state index < -0.39 is 23.3 Å². The third-order valence-electron chi connectivity index (χ3n) is 4.76. The van der Waals surface area contributed by atoms with Gasteiger partial charge in [-0.2, -0.15) is 0 Å². The molecule has 0 saturated heterocycles. The first-order chi connectivity index (χ1) is 11.0. The zero-order valence-corrected chi connectivity index (χ0v) is 12.9. The molecule has 0 nitrogen and oxygen atoms in total. The van der Waals surface area contributed by atoms with Crippen molar-refractivity contribution in [1.82, 2.24) is 0 Å². The maximum atomic E-state index is 14.4. The summed E-state index contributed by atoms with van der Waals surface area (Å²) in [6.07, 6.45) is 3.95. The third-order valence-corrected chi connectivity index (χ3v) is 4.76. The number of halogens is 4. The molecule has 1 fully saturated rings. The van der Waals surface area contributed by atoms with Crippen LogP contribution in [0.3, 0.4) is 0 Å². The highest BCUT2D eigenvalue weighted by atomic mass is 19.2. The fourth-order valence-corrected chi connectivity index (χ4v) is 3.35. The molecule has 0 spiro atoms. The van der Waals surface area contributed by atoms with Crippen LogP contribution in [-0.2, 0) is 0 Å². The average molecular weight is 322 g/mol. The van der Waals surface area contributed by atoms with Crippen molar-refractivity contribution in [3.8, 4) is 11.1 Å². The summed E-state index contributed by atoms with van der Waals surface area (Å²) in [5.74, 6) is -2.81. The fraction of sp³-hybridized carbons (Fsp3) is 0.368. The molecule has 0 amide bonds. The summed E-state index contributed by atoms with van der Waals surface area (Å²) < 4.78 is 55.1. The lowest BCUT2D eigenvalue weighted by Crippen LogP contribution is -2.11. The van der Waals surface area contributed by atoms with Crippen molar-refractivity contribution >= 4 is 0 Å². The number of benzene rings is 2. The van der Waals surface area contributed by atoms with Crippen molar-refractivity contribution in [1.29, 1.82) is 0 Å². The van der Waals surface area contributed by atoms with Crippen molar-refractivity contribution in [2.24, 2.45) is 5.92 Å². The zero-order chi connectivity index (χ0) is 16.6. The van der Waals surface area contributed by atoms with Crippen LogP contribution in [0.4, 0.5) is 17.6 Å². The number of hydrogen-bond donors (Lipinski definition) is 0. The summed E-state index contributed by atoms with van der Waals surface area (Å²) in [6.45, 7) is 2.18. The van der Waals surface area contributed by atoms with Gasteiger partial charge in [0.15, 0.2) is 11.6 Å². The highest BCUT2D eigenvalue weighted by Crippen LogP contribution is 2.38. The van der Waals surface area contributed by atoms with Crippen molar-refractivity contribution in [2.45, 2.75) is 38.5 Å². The molecule has 0 N–H and O–H groups in total. The van der Waals surface area contributed by atoms with E-state index in [1.54, 1.807) is 0 Å². The molecule has 0 bridgehead atoms. The van der Waals surface area contributed by atoms with Crippen LogP contribution in [-0.4, -0.2) is 0 Å². The molecule has 0 unspecified atom stereocenters. The smallest absolute Gasteiger partial charge is 0.159 e. The monoisotopic (exact) mass is 322 g/mol. The molecule has 2 aromatic rings.